The van der Waals surface area contributed by atoms with E-state index in [0.29, 0.717) is 13.2 Å². The van der Waals surface area contributed by atoms with E-state index < -0.39 is 0 Å². The van der Waals surface area contributed by atoms with Gasteiger partial charge in [0.1, 0.15) is 0 Å². The second-order valence-electron chi connectivity index (χ2n) is 3.60. The molecule has 0 radical (unpaired) electrons. The Morgan fingerprint density at radius 2 is 1.43 bits per heavy atom. The highest BCUT2D eigenvalue weighted by Gasteiger charge is 2.06. The SMILES string of the molecule is CCOC(C)(C)C.OCCOCCO. The summed E-state index contributed by atoms with van der Waals surface area (Å²) in [6.45, 7) is 9.67. The zero-order chi connectivity index (χ0) is 11.4. The quantitative estimate of drug-likeness (QED) is 0.656. The number of aliphatic hydroxyl groups is 2. The molecule has 0 aliphatic rings. The number of hydrogen-bond donors (Lipinski definition) is 2. The van der Waals surface area contributed by atoms with E-state index in [-0.39, 0.29) is 18.8 Å². The third-order valence-corrected chi connectivity index (χ3v) is 1.05. The first-order valence-electron chi connectivity index (χ1n) is 4.91. The minimum absolute atomic E-state index is 0.0278. The zero-order valence-electron chi connectivity index (χ0n) is 9.75. The lowest BCUT2D eigenvalue weighted by atomic mass is 10.2. The Balaban J connectivity index is 0. The molecule has 0 saturated heterocycles. The number of ether oxygens (including phenoxy) is 2. The van der Waals surface area contributed by atoms with Crippen molar-refractivity contribution in [1.82, 2.24) is 0 Å². The fourth-order valence-corrected chi connectivity index (χ4v) is 0.664. The Labute approximate surface area is 86.8 Å². The lowest BCUT2D eigenvalue weighted by Crippen LogP contribution is -2.18. The lowest BCUT2D eigenvalue weighted by molar-refractivity contribution is 0.00532. The van der Waals surface area contributed by atoms with Crippen molar-refractivity contribution in [3.8, 4) is 0 Å². The summed E-state index contributed by atoms with van der Waals surface area (Å²) in [5, 5.41) is 16.2. The van der Waals surface area contributed by atoms with E-state index in [4.69, 9.17) is 14.9 Å². The van der Waals surface area contributed by atoms with Crippen LogP contribution in [0.5, 0.6) is 0 Å². The van der Waals surface area contributed by atoms with Crippen LogP contribution in [-0.4, -0.2) is 48.8 Å². The van der Waals surface area contributed by atoms with Crippen molar-refractivity contribution in [1.29, 1.82) is 0 Å². The first kappa shape index (κ1) is 16.3. The molecule has 0 heterocycles. The van der Waals surface area contributed by atoms with Gasteiger partial charge in [-0.2, -0.15) is 0 Å². The summed E-state index contributed by atoms with van der Waals surface area (Å²) in [5.74, 6) is 0. The van der Waals surface area contributed by atoms with E-state index in [2.05, 4.69) is 25.5 Å². The highest BCUT2D eigenvalue weighted by atomic mass is 16.5. The molecule has 0 aliphatic carbocycles. The first-order chi connectivity index (χ1) is 6.47. The maximum Gasteiger partial charge on any atom is 0.0698 e. The van der Waals surface area contributed by atoms with E-state index in [0.717, 1.165) is 6.61 Å². The lowest BCUT2D eigenvalue weighted by Gasteiger charge is -2.17. The number of hydrogen-bond acceptors (Lipinski definition) is 4. The van der Waals surface area contributed by atoms with Gasteiger partial charge in [0.15, 0.2) is 0 Å². The first-order valence-corrected chi connectivity index (χ1v) is 4.91. The van der Waals surface area contributed by atoms with Crippen molar-refractivity contribution < 1.29 is 19.7 Å². The Morgan fingerprint density at radius 1 is 1.00 bits per heavy atom. The van der Waals surface area contributed by atoms with Gasteiger partial charge in [-0.25, -0.2) is 0 Å². The molecule has 0 saturated carbocycles. The van der Waals surface area contributed by atoms with Crippen LogP contribution >= 0.6 is 0 Å². The predicted octanol–water partition coefficient (Wildman–Crippen LogP) is 0.809. The van der Waals surface area contributed by atoms with Gasteiger partial charge in [0.25, 0.3) is 0 Å². The molecule has 0 spiro atoms. The van der Waals surface area contributed by atoms with Gasteiger partial charge in [-0.05, 0) is 27.7 Å². The van der Waals surface area contributed by atoms with Gasteiger partial charge in [-0.15, -0.1) is 0 Å². The van der Waals surface area contributed by atoms with Gasteiger partial charge in [-0.3, -0.25) is 0 Å². The third-order valence-electron chi connectivity index (χ3n) is 1.05. The molecule has 0 atom stereocenters. The van der Waals surface area contributed by atoms with Gasteiger partial charge in [0.2, 0.25) is 0 Å². The Hall–Kier alpha value is -0.160. The molecule has 4 heteroatoms. The van der Waals surface area contributed by atoms with Crippen molar-refractivity contribution in [2.75, 3.05) is 33.0 Å². The molecule has 0 aromatic heterocycles. The summed E-state index contributed by atoms with van der Waals surface area (Å²) in [6, 6.07) is 0. The summed E-state index contributed by atoms with van der Waals surface area (Å²) in [6.07, 6.45) is 0. The van der Waals surface area contributed by atoms with E-state index in [1.54, 1.807) is 0 Å². The van der Waals surface area contributed by atoms with Crippen LogP contribution in [0.3, 0.4) is 0 Å². The molecule has 2 N–H and O–H groups in total. The average Bonchev–Trinajstić information content (AvgIpc) is 2.04. The molecule has 0 aromatic carbocycles. The van der Waals surface area contributed by atoms with Gasteiger partial charge in [-0.1, -0.05) is 0 Å². The molecule has 0 bridgehead atoms. The van der Waals surface area contributed by atoms with Crippen LogP contribution in [0.4, 0.5) is 0 Å². The topological polar surface area (TPSA) is 58.9 Å². The monoisotopic (exact) mass is 208 g/mol. The molecule has 0 unspecified atom stereocenters. The zero-order valence-corrected chi connectivity index (χ0v) is 9.75. The Morgan fingerprint density at radius 3 is 1.57 bits per heavy atom. The Bertz CT molecular complexity index is 94.8. The van der Waals surface area contributed by atoms with Gasteiger partial charge < -0.3 is 19.7 Å². The molecule has 14 heavy (non-hydrogen) atoms. The average molecular weight is 208 g/mol. The second-order valence-corrected chi connectivity index (χ2v) is 3.60. The van der Waals surface area contributed by atoms with E-state index in [9.17, 15) is 0 Å². The minimum Gasteiger partial charge on any atom is -0.394 e. The molecule has 88 valence electrons. The largest absolute Gasteiger partial charge is 0.394 e. The molecule has 0 aliphatic heterocycles. The fraction of sp³-hybridized carbons (Fsp3) is 1.00. The van der Waals surface area contributed by atoms with Crippen LogP contribution in [0.25, 0.3) is 0 Å². The highest BCUT2D eigenvalue weighted by molar-refractivity contribution is 4.56. The summed E-state index contributed by atoms with van der Waals surface area (Å²) in [4.78, 5) is 0. The van der Waals surface area contributed by atoms with Crippen molar-refractivity contribution in [3.05, 3.63) is 0 Å². The van der Waals surface area contributed by atoms with Gasteiger partial charge in [0, 0.05) is 6.61 Å². The third kappa shape index (κ3) is 22.6. The number of rotatable bonds is 5. The van der Waals surface area contributed by atoms with Crippen LogP contribution in [-0.2, 0) is 9.47 Å². The van der Waals surface area contributed by atoms with E-state index in [1.165, 1.54) is 0 Å². The predicted molar refractivity (Wildman–Crippen MR) is 56.4 cm³/mol. The maximum absolute atomic E-state index is 8.09. The van der Waals surface area contributed by atoms with Crippen LogP contribution < -0.4 is 0 Å². The van der Waals surface area contributed by atoms with Crippen LogP contribution in [0.1, 0.15) is 27.7 Å². The van der Waals surface area contributed by atoms with Crippen LogP contribution in [0.2, 0.25) is 0 Å². The highest BCUT2D eigenvalue weighted by Crippen LogP contribution is 2.04. The van der Waals surface area contributed by atoms with Crippen LogP contribution in [0, 0.1) is 0 Å². The molecule has 0 rings (SSSR count). The molecular formula is C10H24O4. The minimum atomic E-state index is 0.0278. The molecular weight excluding hydrogens is 184 g/mol. The number of aliphatic hydroxyl groups excluding tert-OH is 2. The summed E-state index contributed by atoms with van der Waals surface area (Å²) < 4.78 is 9.86. The van der Waals surface area contributed by atoms with E-state index in [1.807, 2.05) is 6.92 Å². The standard InChI is InChI=1S/C6H14O.C4H10O3/c1-5-7-6(2,3)4;5-1-3-7-4-2-6/h5H2,1-4H3;5-6H,1-4H2. The fourth-order valence-electron chi connectivity index (χ4n) is 0.664. The summed E-state index contributed by atoms with van der Waals surface area (Å²) in [5.41, 5.74) is 0.0503. The Kier molecular flexibility index (Phi) is 12.7. The molecule has 0 fully saturated rings. The van der Waals surface area contributed by atoms with Crippen molar-refractivity contribution in [2.24, 2.45) is 0 Å². The summed E-state index contributed by atoms with van der Waals surface area (Å²) >= 11 is 0. The molecule has 0 aromatic rings. The van der Waals surface area contributed by atoms with E-state index >= 15 is 0 Å². The molecule has 4 nitrogen and oxygen atoms in total. The molecule has 0 amide bonds. The van der Waals surface area contributed by atoms with Gasteiger partial charge >= 0.3 is 0 Å². The summed E-state index contributed by atoms with van der Waals surface area (Å²) in [7, 11) is 0. The smallest absolute Gasteiger partial charge is 0.0698 e. The maximum atomic E-state index is 8.09. The van der Waals surface area contributed by atoms with Gasteiger partial charge in [0.05, 0.1) is 32.0 Å². The van der Waals surface area contributed by atoms with Crippen molar-refractivity contribution in [2.45, 2.75) is 33.3 Å². The van der Waals surface area contributed by atoms with Crippen molar-refractivity contribution in [3.63, 3.8) is 0 Å². The van der Waals surface area contributed by atoms with Crippen molar-refractivity contribution >= 4 is 0 Å². The normalized spacial score (nSPS) is 10.7. The second kappa shape index (κ2) is 10.9. The van der Waals surface area contributed by atoms with Crippen LogP contribution in [0.15, 0.2) is 0 Å².